The van der Waals surface area contributed by atoms with E-state index < -0.39 is 12.1 Å². The Morgan fingerprint density at radius 1 is 1.40 bits per heavy atom. The van der Waals surface area contributed by atoms with Gasteiger partial charge in [-0.05, 0) is 6.07 Å². The van der Waals surface area contributed by atoms with Gasteiger partial charge in [0.05, 0.1) is 0 Å². The number of rotatable bonds is 2. The first kappa shape index (κ1) is 8.49. The molecule has 1 fully saturated rings. The summed E-state index contributed by atoms with van der Waals surface area (Å²) in [6.07, 6.45) is 0.848. The molecular weight excluding hydrogens is 194 g/mol. The van der Waals surface area contributed by atoms with Crippen molar-refractivity contribution in [2.45, 2.75) is 12.2 Å². The summed E-state index contributed by atoms with van der Waals surface area (Å²) < 4.78 is 5.11. The number of hydrogen-bond acceptors (Lipinski definition) is 2. The number of benzene rings is 1. The number of aromatic nitrogens is 1. The minimum absolute atomic E-state index is 0.293. The Labute approximate surface area is 85.5 Å². The summed E-state index contributed by atoms with van der Waals surface area (Å²) in [6, 6.07) is 7.78. The first-order valence-electron chi connectivity index (χ1n) is 4.71. The summed E-state index contributed by atoms with van der Waals surface area (Å²) in [5.41, 5.74) is 1.94. The van der Waals surface area contributed by atoms with Crippen LogP contribution in [0.5, 0.6) is 0 Å². The molecule has 4 heteroatoms. The van der Waals surface area contributed by atoms with Gasteiger partial charge < -0.3 is 14.8 Å². The fourth-order valence-electron chi connectivity index (χ4n) is 1.87. The zero-order valence-corrected chi connectivity index (χ0v) is 7.81. The van der Waals surface area contributed by atoms with E-state index in [-0.39, 0.29) is 6.10 Å². The van der Waals surface area contributed by atoms with Crippen molar-refractivity contribution in [2.24, 2.45) is 0 Å². The van der Waals surface area contributed by atoms with Crippen LogP contribution in [0.3, 0.4) is 0 Å². The lowest BCUT2D eigenvalue weighted by atomic mass is 10.1. The van der Waals surface area contributed by atoms with Gasteiger partial charge in [0.2, 0.25) is 0 Å². The number of aromatic amines is 1. The van der Waals surface area contributed by atoms with E-state index in [1.165, 1.54) is 0 Å². The van der Waals surface area contributed by atoms with Crippen LogP contribution < -0.4 is 0 Å². The van der Waals surface area contributed by atoms with Crippen LogP contribution in [0.15, 0.2) is 30.5 Å². The van der Waals surface area contributed by atoms with E-state index in [1.54, 1.807) is 0 Å². The molecule has 3 rings (SSSR count). The van der Waals surface area contributed by atoms with Crippen molar-refractivity contribution in [1.82, 2.24) is 4.98 Å². The molecular formula is C11H9NO3. The molecule has 2 heterocycles. The molecule has 0 spiro atoms. The molecule has 0 amide bonds. The van der Waals surface area contributed by atoms with Crippen molar-refractivity contribution < 1.29 is 14.6 Å². The first-order valence-corrected chi connectivity index (χ1v) is 4.71. The Morgan fingerprint density at radius 3 is 2.93 bits per heavy atom. The van der Waals surface area contributed by atoms with E-state index in [9.17, 15) is 4.79 Å². The highest BCUT2D eigenvalue weighted by Gasteiger charge is 2.47. The smallest absolute Gasteiger partial charge is 0.335 e. The Hall–Kier alpha value is -1.81. The number of H-pyrrole nitrogens is 1. The second-order valence-electron chi connectivity index (χ2n) is 3.61. The van der Waals surface area contributed by atoms with Crippen molar-refractivity contribution in [3.05, 3.63) is 36.0 Å². The van der Waals surface area contributed by atoms with Crippen LogP contribution in [0.2, 0.25) is 0 Å². The van der Waals surface area contributed by atoms with Crippen LogP contribution in [0.4, 0.5) is 0 Å². The molecule has 4 nitrogen and oxygen atoms in total. The van der Waals surface area contributed by atoms with Crippen LogP contribution in [-0.2, 0) is 9.53 Å². The molecule has 15 heavy (non-hydrogen) atoms. The van der Waals surface area contributed by atoms with E-state index in [4.69, 9.17) is 9.84 Å². The van der Waals surface area contributed by atoms with Gasteiger partial charge in [0.1, 0.15) is 6.10 Å². The Bertz CT molecular complexity index is 531. The van der Waals surface area contributed by atoms with Crippen molar-refractivity contribution in [3.8, 4) is 0 Å². The lowest BCUT2D eigenvalue weighted by molar-refractivity contribution is -0.138. The number of carbonyl (C=O) groups is 1. The van der Waals surface area contributed by atoms with E-state index in [0.717, 1.165) is 16.5 Å². The molecule has 0 aliphatic carbocycles. The molecule has 1 aromatic carbocycles. The third kappa shape index (κ3) is 1.22. The molecule has 2 atom stereocenters. The topological polar surface area (TPSA) is 65.6 Å². The number of carboxylic acids is 1. The lowest BCUT2D eigenvalue weighted by Crippen LogP contribution is -2.04. The highest BCUT2D eigenvalue weighted by molar-refractivity contribution is 5.86. The van der Waals surface area contributed by atoms with Gasteiger partial charge in [-0.1, -0.05) is 18.2 Å². The van der Waals surface area contributed by atoms with E-state index >= 15 is 0 Å². The second-order valence-corrected chi connectivity index (χ2v) is 3.61. The predicted molar refractivity (Wildman–Crippen MR) is 53.5 cm³/mol. The van der Waals surface area contributed by atoms with Gasteiger partial charge in [-0.3, -0.25) is 0 Å². The van der Waals surface area contributed by atoms with Gasteiger partial charge in [-0.2, -0.15) is 0 Å². The number of nitrogens with one attached hydrogen (secondary N) is 1. The van der Waals surface area contributed by atoms with Gasteiger partial charge in [0.25, 0.3) is 0 Å². The van der Waals surface area contributed by atoms with Crippen molar-refractivity contribution >= 4 is 16.9 Å². The lowest BCUT2D eigenvalue weighted by Gasteiger charge is -1.91. The monoisotopic (exact) mass is 203 g/mol. The Morgan fingerprint density at radius 2 is 2.20 bits per heavy atom. The summed E-state index contributed by atoms with van der Waals surface area (Å²) in [4.78, 5) is 13.8. The standard InChI is InChI=1S/C11H9NO3/c13-11(14)10-9(15-10)7-5-12-8-4-2-1-3-6(7)8/h1-5,9-10,12H,(H,13,14). The van der Waals surface area contributed by atoms with E-state index in [0.29, 0.717) is 0 Å². The van der Waals surface area contributed by atoms with Crippen LogP contribution in [0.25, 0.3) is 10.9 Å². The van der Waals surface area contributed by atoms with E-state index in [1.807, 2.05) is 30.5 Å². The number of ether oxygens (including phenoxy) is 1. The zero-order chi connectivity index (χ0) is 10.4. The maximum absolute atomic E-state index is 10.7. The maximum atomic E-state index is 10.7. The normalized spacial score (nSPS) is 24.3. The number of carboxylic acid groups (broad SMARTS) is 1. The summed E-state index contributed by atoms with van der Waals surface area (Å²) in [7, 11) is 0. The van der Waals surface area contributed by atoms with Crippen LogP contribution >= 0.6 is 0 Å². The SMILES string of the molecule is O=C(O)C1OC1c1c[nH]c2ccccc12. The summed E-state index contributed by atoms with van der Waals surface area (Å²) in [5, 5.41) is 9.79. The number of aliphatic carboxylic acids is 1. The third-order valence-corrected chi connectivity index (χ3v) is 2.66. The molecule has 1 aliphatic heterocycles. The van der Waals surface area contributed by atoms with Gasteiger partial charge in [-0.15, -0.1) is 0 Å². The summed E-state index contributed by atoms with van der Waals surface area (Å²) >= 11 is 0. The molecule has 0 saturated carbocycles. The van der Waals surface area contributed by atoms with Crippen LogP contribution in [-0.4, -0.2) is 22.2 Å². The van der Waals surface area contributed by atoms with Crippen molar-refractivity contribution in [1.29, 1.82) is 0 Å². The minimum Gasteiger partial charge on any atom is -0.479 e. The van der Waals surface area contributed by atoms with Gasteiger partial charge in [-0.25, -0.2) is 4.79 Å². The minimum atomic E-state index is -0.898. The second kappa shape index (κ2) is 2.84. The molecule has 1 saturated heterocycles. The third-order valence-electron chi connectivity index (χ3n) is 2.66. The number of fused-ring (bicyclic) bond motifs is 1. The molecule has 0 bridgehead atoms. The maximum Gasteiger partial charge on any atom is 0.335 e. The highest BCUT2D eigenvalue weighted by Crippen LogP contribution is 2.41. The number of hydrogen-bond donors (Lipinski definition) is 2. The van der Waals surface area contributed by atoms with Crippen molar-refractivity contribution in [3.63, 3.8) is 0 Å². The van der Waals surface area contributed by atoms with Crippen LogP contribution in [0.1, 0.15) is 11.7 Å². The molecule has 76 valence electrons. The average Bonchev–Trinajstić information content (AvgIpc) is 2.92. The zero-order valence-electron chi connectivity index (χ0n) is 7.81. The van der Waals surface area contributed by atoms with Gasteiger partial charge >= 0.3 is 5.97 Å². The summed E-state index contributed by atoms with van der Waals surface area (Å²) in [5.74, 6) is -0.898. The Kier molecular flexibility index (Phi) is 1.61. The predicted octanol–water partition coefficient (Wildman–Crippen LogP) is 1.69. The number of epoxide rings is 1. The molecule has 2 aromatic rings. The average molecular weight is 203 g/mol. The summed E-state index contributed by atoms with van der Waals surface area (Å²) in [6.45, 7) is 0. The molecule has 0 radical (unpaired) electrons. The number of para-hydroxylation sites is 1. The van der Waals surface area contributed by atoms with E-state index in [2.05, 4.69) is 4.98 Å². The largest absolute Gasteiger partial charge is 0.479 e. The van der Waals surface area contributed by atoms with Crippen LogP contribution in [0, 0.1) is 0 Å². The highest BCUT2D eigenvalue weighted by atomic mass is 16.6. The Balaban J connectivity index is 2.03. The van der Waals surface area contributed by atoms with Gasteiger partial charge in [0, 0.05) is 22.7 Å². The molecule has 1 aliphatic rings. The fraction of sp³-hybridized carbons (Fsp3) is 0.182. The van der Waals surface area contributed by atoms with Crippen molar-refractivity contribution in [2.75, 3.05) is 0 Å². The quantitative estimate of drug-likeness (QED) is 0.730. The molecule has 1 aromatic heterocycles. The molecule has 2 unspecified atom stereocenters. The first-order chi connectivity index (χ1) is 7.27. The molecule has 2 N–H and O–H groups in total. The van der Waals surface area contributed by atoms with Gasteiger partial charge in [0.15, 0.2) is 6.10 Å². The fourth-order valence-corrected chi connectivity index (χ4v) is 1.87.